The summed E-state index contributed by atoms with van der Waals surface area (Å²) in [7, 11) is 4.48. The van der Waals surface area contributed by atoms with Crippen LogP contribution < -0.4 is 23.7 Å². The third kappa shape index (κ3) is 4.04. The Morgan fingerprint density at radius 3 is 2.30 bits per heavy atom. The summed E-state index contributed by atoms with van der Waals surface area (Å²) in [4.78, 5) is 37.0. The fourth-order valence-electron chi connectivity index (χ4n) is 4.63. The second kappa shape index (κ2) is 9.34. The fraction of sp³-hybridized carbons (Fsp3) is 0.179. The highest BCUT2D eigenvalue weighted by molar-refractivity contribution is 6.15. The number of fused-ring (bicyclic) bond motifs is 3. The number of rotatable bonds is 6. The largest absolute Gasteiger partial charge is 0.493 e. The fourth-order valence-corrected chi connectivity index (χ4v) is 4.63. The minimum absolute atomic E-state index is 0.00989. The molecule has 9 heteroatoms. The van der Waals surface area contributed by atoms with Crippen LogP contribution in [0, 0.1) is 0 Å². The molecule has 0 saturated heterocycles. The molecule has 1 unspecified atom stereocenters. The minimum atomic E-state index is -1.05. The molecule has 0 bridgehead atoms. The number of methoxy groups -OCH3 is 3. The first kappa shape index (κ1) is 23.9. The molecule has 0 aliphatic carbocycles. The molecule has 2 aliphatic heterocycles. The molecule has 5 rings (SSSR count). The lowest BCUT2D eigenvalue weighted by Crippen LogP contribution is -2.21. The molecule has 9 nitrogen and oxygen atoms in total. The van der Waals surface area contributed by atoms with E-state index in [9.17, 15) is 19.5 Å². The van der Waals surface area contributed by atoms with Crippen molar-refractivity contribution in [3.05, 3.63) is 82.1 Å². The molecule has 3 aromatic rings. The molecule has 0 radical (unpaired) electrons. The van der Waals surface area contributed by atoms with Crippen LogP contribution >= 0.6 is 0 Å². The monoisotopic (exact) mass is 502 g/mol. The number of allylic oxidation sites excluding steroid dienone is 1. The van der Waals surface area contributed by atoms with E-state index in [0.717, 1.165) is 0 Å². The summed E-state index contributed by atoms with van der Waals surface area (Å²) >= 11 is 0. The van der Waals surface area contributed by atoms with Crippen LogP contribution in [0.5, 0.6) is 28.7 Å². The van der Waals surface area contributed by atoms with Gasteiger partial charge in [-0.1, -0.05) is 12.1 Å². The van der Waals surface area contributed by atoms with Gasteiger partial charge in [0.1, 0.15) is 11.5 Å². The number of benzene rings is 3. The number of ketones is 1. The van der Waals surface area contributed by atoms with Crippen molar-refractivity contribution in [2.24, 2.45) is 0 Å². The van der Waals surface area contributed by atoms with Crippen LogP contribution in [0.1, 0.15) is 49.7 Å². The van der Waals surface area contributed by atoms with E-state index in [1.165, 1.54) is 33.5 Å². The molecule has 2 aliphatic rings. The number of ether oxygens (including phenoxy) is 5. The molecule has 2 heterocycles. The number of Topliss-reactive ketones (excluding diaryl/α,β-unsaturated/α-hetero) is 1. The first-order valence-corrected chi connectivity index (χ1v) is 11.3. The second-order valence-corrected chi connectivity index (χ2v) is 8.38. The van der Waals surface area contributed by atoms with Gasteiger partial charge in [0.05, 0.1) is 38.9 Å². The summed E-state index contributed by atoms with van der Waals surface area (Å²) in [6, 6.07) is 12.8. The van der Waals surface area contributed by atoms with Crippen LogP contribution in [0.2, 0.25) is 0 Å². The number of carboxylic acids is 1. The Morgan fingerprint density at radius 1 is 0.919 bits per heavy atom. The molecule has 3 aromatic carbocycles. The zero-order valence-electron chi connectivity index (χ0n) is 20.2. The Bertz CT molecular complexity index is 1470. The normalized spacial score (nSPS) is 16.9. The smallest absolute Gasteiger partial charge is 0.335 e. The van der Waals surface area contributed by atoms with E-state index >= 15 is 0 Å². The number of carbonyl (C=O) groups is 3. The van der Waals surface area contributed by atoms with Gasteiger partial charge in [-0.2, -0.15) is 0 Å². The molecule has 0 saturated carbocycles. The minimum Gasteiger partial charge on any atom is -0.493 e. The molecule has 0 aromatic heterocycles. The Labute approximate surface area is 211 Å². The molecule has 37 heavy (non-hydrogen) atoms. The highest BCUT2D eigenvalue weighted by atomic mass is 16.5. The summed E-state index contributed by atoms with van der Waals surface area (Å²) in [6.45, 7) is 0. The number of hydrogen-bond donors (Lipinski definition) is 1. The van der Waals surface area contributed by atoms with Gasteiger partial charge in [-0.05, 0) is 48.0 Å². The third-order valence-electron chi connectivity index (χ3n) is 6.36. The van der Waals surface area contributed by atoms with Gasteiger partial charge >= 0.3 is 11.9 Å². The molecule has 188 valence electrons. The topological polar surface area (TPSA) is 118 Å². The van der Waals surface area contributed by atoms with E-state index in [1.54, 1.807) is 42.5 Å². The van der Waals surface area contributed by atoms with Crippen molar-refractivity contribution in [2.75, 3.05) is 21.3 Å². The molecular formula is C28H22O9. The summed E-state index contributed by atoms with van der Waals surface area (Å²) in [5.41, 5.74) is 2.25. The number of esters is 1. The maximum Gasteiger partial charge on any atom is 0.335 e. The van der Waals surface area contributed by atoms with Gasteiger partial charge in [0.25, 0.3) is 0 Å². The number of aromatic carboxylic acids is 1. The van der Waals surface area contributed by atoms with Crippen LogP contribution in [0.4, 0.5) is 0 Å². The van der Waals surface area contributed by atoms with Gasteiger partial charge in [-0.3, -0.25) is 9.59 Å². The standard InChI is InChI=1S/C28H22O9/c1-33-20-10-8-16(25(34-2)27(20)35-3)12-21-24(30)17-9-11-19-23(26(17)37-21)18(13-22(29)36-19)14-4-6-15(7-5-14)28(31)32/h4-12,18H,13H2,1-3H3,(H,31,32). The van der Waals surface area contributed by atoms with Crippen LogP contribution in [0.3, 0.4) is 0 Å². The molecule has 1 N–H and O–H groups in total. The van der Waals surface area contributed by atoms with E-state index in [1.807, 2.05) is 0 Å². The molecule has 0 fully saturated rings. The predicted molar refractivity (Wildman–Crippen MR) is 131 cm³/mol. The lowest BCUT2D eigenvalue weighted by Gasteiger charge is -2.26. The van der Waals surface area contributed by atoms with Crippen LogP contribution in [-0.2, 0) is 4.79 Å². The third-order valence-corrected chi connectivity index (χ3v) is 6.36. The first-order chi connectivity index (χ1) is 17.9. The van der Waals surface area contributed by atoms with Crippen molar-refractivity contribution in [2.45, 2.75) is 12.3 Å². The van der Waals surface area contributed by atoms with Crippen molar-refractivity contribution in [3.63, 3.8) is 0 Å². The Balaban J connectivity index is 1.59. The van der Waals surface area contributed by atoms with E-state index in [-0.39, 0.29) is 23.5 Å². The van der Waals surface area contributed by atoms with Gasteiger partial charge in [0, 0.05) is 17.0 Å². The maximum atomic E-state index is 13.3. The number of hydrogen-bond acceptors (Lipinski definition) is 8. The van der Waals surface area contributed by atoms with Gasteiger partial charge in [-0.15, -0.1) is 0 Å². The Morgan fingerprint density at radius 2 is 1.65 bits per heavy atom. The molecule has 0 spiro atoms. The zero-order chi connectivity index (χ0) is 26.3. The Kier molecular flexibility index (Phi) is 6.04. The highest BCUT2D eigenvalue weighted by Crippen LogP contribution is 2.49. The molecule has 0 amide bonds. The van der Waals surface area contributed by atoms with Gasteiger partial charge < -0.3 is 28.8 Å². The van der Waals surface area contributed by atoms with Crippen LogP contribution in [-0.4, -0.2) is 44.2 Å². The highest BCUT2D eigenvalue weighted by Gasteiger charge is 2.38. The van der Waals surface area contributed by atoms with Gasteiger partial charge in [0.15, 0.2) is 17.3 Å². The molecule has 1 atom stereocenters. The predicted octanol–water partition coefficient (Wildman–Crippen LogP) is 4.47. The van der Waals surface area contributed by atoms with Gasteiger partial charge in [0.2, 0.25) is 11.5 Å². The van der Waals surface area contributed by atoms with Crippen molar-refractivity contribution in [3.8, 4) is 28.7 Å². The van der Waals surface area contributed by atoms with E-state index in [4.69, 9.17) is 23.7 Å². The first-order valence-electron chi connectivity index (χ1n) is 11.3. The summed E-state index contributed by atoms with van der Waals surface area (Å²) in [6.07, 6.45) is 1.57. The van der Waals surface area contributed by atoms with Crippen molar-refractivity contribution < 1.29 is 43.2 Å². The molecular weight excluding hydrogens is 480 g/mol. The zero-order valence-corrected chi connectivity index (χ0v) is 20.2. The lowest BCUT2D eigenvalue weighted by molar-refractivity contribution is -0.135. The van der Waals surface area contributed by atoms with Crippen LogP contribution in [0.15, 0.2) is 54.3 Å². The quantitative estimate of drug-likeness (QED) is 0.296. The van der Waals surface area contributed by atoms with Gasteiger partial charge in [-0.25, -0.2) is 4.79 Å². The lowest BCUT2D eigenvalue weighted by atomic mass is 9.84. The van der Waals surface area contributed by atoms with E-state index in [2.05, 4.69) is 0 Å². The van der Waals surface area contributed by atoms with E-state index < -0.39 is 17.9 Å². The number of carbonyl (C=O) groups excluding carboxylic acids is 2. The second-order valence-electron chi connectivity index (χ2n) is 8.38. The van der Waals surface area contributed by atoms with Crippen molar-refractivity contribution in [1.29, 1.82) is 0 Å². The summed E-state index contributed by atoms with van der Waals surface area (Å²) in [5, 5.41) is 9.23. The summed E-state index contributed by atoms with van der Waals surface area (Å²) < 4.78 is 27.8. The summed E-state index contributed by atoms with van der Waals surface area (Å²) in [5.74, 6) is -0.455. The number of carboxylic acid groups (broad SMARTS) is 1. The van der Waals surface area contributed by atoms with Crippen molar-refractivity contribution >= 4 is 23.8 Å². The van der Waals surface area contributed by atoms with E-state index in [0.29, 0.717) is 51.0 Å². The average Bonchev–Trinajstić information content (AvgIpc) is 3.22. The average molecular weight is 502 g/mol. The van der Waals surface area contributed by atoms with Crippen LogP contribution in [0.25, 0.3) is 6.08 Å². The SMILES string of the molecule is COc1ccc(C=C2Oc3c(ccc4c3C(c3ccc(C(=O)O)cc3)CC(=O)O4)C2=O)c(OC)c1OC. The maximum absolute atomic E-state index is 13.3. The van der Waals surface area contributed by atoms with Crippen molar-refractivity contribution in [1.82, 2.24) is 0 Å². The Hall–Kier alpha value is -4.79.